The maximum atomic E-state index is 12.4. The quantitative estimate of drug-likeness (QED) is 0.0385. The average Bonchev–Trinajstić information content (AvgIpc) is 3.05. The highest BCUT2D eigenvalue weighted by Crippen LogP contribution is 2.16. The normalized spacial score (nSPS) is 12.5. The summed E-state index contributed by atoms with van der Waals surface area (Å²) >= 11 is 0. The van der Waals surface area contributed by atoms with Crippen molar-refractivity contribution >= 4 is 17.9 Å². The van der Waals surface area contributed by atoms with Gasteiger partial charge in [0.25, 0.3) is 0 Å². The Balaban J connectivity index is 4.02. The molecule has 6 nitrogen and oxygen atoms in total. The van der Waals surface area contributed by atoms with E-state index in [1.807, 2.05) is 0 Å². The molecule has 0 spiro atoms. The summed E-state index contributed by atoms with van der Waals surface area (Å²) in [5.41, 5.74) is 0. The molecule has 2 atom stereocenters. The van der Waals surface area contributed by atoms with Gasteiger partial charge in [0.1, 0.15) is 13.2 Å². The highest BCUT2D eigenvalue weighted by Gasteiger charge is 2.19. The molecular formula is C40H76O6. The number of carbonyl (C=O) groups excluding carboxylic acids is 3. The Morgan fingerprint density at radius 1 is 0.435 bits per heavy atom. The summed E-state index contributed by atoms with van der Waals surface area (Å²) in [5, 5.41) is 0. The van der Waals surface area contributed by atoms with E-state index in [1.54, 1.807) is 0 Å². The molecule has 0 amide bonds. The summed E-state index contributed by atoms with van der Waals surface area (Å²) in [7, 11) is 0. The summed E-state index contributed by atoms with van der Waals surface area (Å²) in [6, 6.07) is 0. The van der Waals surface area contributed by atoms with Crippen molar-refractivity contribution < 1.29 is 28.6 Å². The molecule has 0 aromatic heterocycles. The molecule has 0 aliphatic rings. The number of esters is 3. The lowest BCUT2D eigenvalue weighted by molar-refractivity contribution is -0.167. The zero-order valence-corrected chi connectivity index (χ0v) is 31.0. The van der Waals surface area contributed by atoms with Crippen molar-refractivity contribution in [3.8, 4) is 0 Å². The molecule has 0 aliphatic heterocycles. The van der Waals surface area contributed by atoms with Crippen LogP contribution in [0.25, 0.3) is 0 Å². The minimum atomic E-state index is -0.754. The summed E-state index contributed by atoms with van der Waals surface area (Å²) in [6.45, 7) is 8.85. The van der Waals surface area contributed by atoms with Crippen molar-refractivity contribution in [2.45, 2.75) is 220 Å². The highest BCUT2D eigenvalue weighted by molar-refractivity contribution is 5.71. The summed E-state index contributed by atoms with van der Waals surface area (Å²) < 4.78 is 16.4. The molecule has 0 N–H and O–H groups in total. The van der Waals surface area contributed by atoms with E-state index in [0.29, 0.717) is 19.3 Å². The summed E-state index contributed by atoms with van der Waals surface area (Å²) in [5.74, 6) is 0.00407. The standard InChI is InChI=1S/C40H76O6/c1-5-8-10-22-27-31-38(41)44-34-37(46-40(43)33-29-23-11-9-6-2)35-45-39(42)32-28-25-21-19-17-15-13-12-14-16-18-20-24-26-30-36(4)7-3/h36-37H,5-35H2,1-4H3/t36?,37-/m0/s1. The molecule has 0 aromatic carbocycles. The molecule has 1 unspecified atom stereocenters. The minimum absolute atomic E-state index is 0.0670. The molecule has 272 valence electrons. The Morgan fingerprint density at radius 3 is 1.13 bits per heavy atom. The molecule has 0 radical (unpaired) electrons. The van der Waals surface area contributed by atoms with Crippen LogP contribution < -0.4 is 0 Å². The Morgan fingerprint density at radius 2 is 0.761 bits per heavy atom. The van der Waals surface area contributed by atoms with Crippen LogP contribution in [0.1, 0.15) is 214 Å². The second-order valence-corrected chi connectivity index (χ2v) is 13.8. The van der Waals surface area contributed by atoms with Crippen LogP contribution in [0.2, 0.25) is 0 Å². The van der Waals surface area contributed by atoms with Gasteiger partial charge in [-0.2, -0.15) is 0 Å². The number of hydrogen-bond donors (Lipinski definition) is 0. The summed E-state index contributed by atoms with van der Waals surface area (Å²) in [4.78, 5) is 37.0. The van der Waals surface area contributed by atoms with E-state index in [2.05, 4.69) is 27.7 Å². The number of hydrogen-bond acceptors (Lipinski definition) is 6. The number of rotatable bonds is 35. The van der Waals surface area contributed by atoms with Crippen molar-refractivity contribution in [3.05, 3.63) is 0 Å². The van der Waals surface area contributed by atoms with Crippen molar-refractivity contribution in [1.82, 2.24) is 0 Å². The zero-order valence-electron chi connectivity index (χ0n) is 31.0. The van der Waals surface area contributed by atoms with Crippen LogP contribution >= 0.6 is 0 Å². The highest BCUT2D eigenvalue weighted by atomic mass is 16.6. The molecule has 0 aromatic rings. The first kappa shape index (κ1) is 44.4. The van der Waals surface area contributed by atoms with Gasteiger partial charge in [0.15, 0.2) is 6.10 Å². The third-order valence-corrected chi connectivity index (χ3v) is 9.15. The van der Waals surface area contributed by atoms with Gasteiger partial charge in [-0.25, -0.2) is 0 Å². The van der Waals surface area contributed by atoms with Crippen molar-refractivity contribution in [2.24, 2.45) is 5.92 Å². The Labute approximate surface area is 285 Å². The van der Waals surface area contributed by atoms with Gasteiger partial charge in [-0.3, -0.25) is 14.4 Å². The van der Waals surface area contributed by atoms with Gasteiger partial charge >= 0.3 is 17.9 Å². The maximum Gasteiger partial charge on any atom is 0.306 e. The predicted molar refractivity (Wildman–Crippen MR) is 192 cm³/mol. The van der Waals surface area contributed by atoms with Gasteiger partial charge < -0.3 is 14.2 Å². The molecule has 0 fully saturated rings. The Hall–Kier alpha value is -1.59. The first-order valence-electron chi connectivity index (χ1n) is 19.9. The van der Waals surface area contributed by atoms with E-state index in [4.69, 9.17) is 14.2 Å². The fourth-order valence-electron chi connectivity index (χ4n) is 5.71. The fraction of sp³-hybridized carbons (Fsp3) is 0.925. The topological polar surface area (TPSA) is 78.9 Å². The molecule has 0 saturated carbocycles. The fourth-order valence-corrected chi connectivity index (χ4v) is 5.71. The first-order valence-corrected chi connectivity index (χ1v) is 19.9. The van der Waals surface area contributed by atoms with Crippen LogP contribution in [0.4, 0.5) is 0 Å². The van der Waals surface area contributed by atoms with Gasteiger partial charge in [-0.05, 0) is 25.2 Å². The molecule has 0 aliphatic carbocycles. The van der Waals surface area contributed by atoms with Gasteiger partial charge in [0, 0.05) is 19.3 Å². The molecule has 46 heavy (non-hydrogen) atoms. The largest absolute Gasteiger partial charge is 0.462 e. The van der Waals surface area contributed by atoms with Crippen molar-refractivity contribution in [2.75, 3.05) is 13.2 Å². The van der Waals surface area contributed by atoms with Gasteiger partial charge in [0.2, 0.25) is 0 Å². The lowest BCUT2D eigenvalue weighted by Crippen LogP contribution is -2.30. The first-order chi connectivity index (χ1) is 22.4. The van der Waals surface area contributed by atoms with Gasteiger partial charge in [0.05, 0.1) is 0 Å². The monoisotopic (exact) mass is 653 g/mol. The third-order valence-electron chi connectivity index (χ3n) is 9.15. The van der Waals surface area contributed by atoms with Crippen molar-refractivity contribution in [3.63, 3.8) is 0 Å². The zero-order chi connectivity index (χ0) is 33.9. The Bertz CT molecular complexity index is 693. The van der Waals surface area contributed by atoms with Crippen LogP contribution in [0.5, 0.6) is 0 Å². The van der Waals surface area contributed by atoms with Crippen LogP contribution in [0.3, 0.4) is 0 Å². The van der Waals surface area contributed by atoms with E-state index in [9.17, 15) is 14.4 Å². The third kappa shape index (κ3) is 32.4. The van der Waals surface area contributed by atoms with Gasteiger partial charge in [-0.15, -0.1) is 0 Å². The lowest BCUT2D eigenvalue weighted by Gasteiger charge is -2.18. The van der Waals surface area contributed by atoms with E-state index >= 15 is 0 Å². The molecule has 0 saturated heterocycles. The van der Waals surface area contributed by atoms with E-state index < -0.39 is 6.10 Å². The molecule has 0 rings (SSSR count). The molecular weight excluding hydrogens is 576 g/mol. The molecule has 6 heteroatoms. The second kappa shape index (κ2) is 34.7. The lowest BCUT2D eigenvalue weighted by atomic mass is 9.99. The van der Waals surface area contributed by atoms with E-state index in [0.717, 1.165) is 76.5 Å². The second-order valence-electron chi connectivity index (χ2n) is 13.8. The smallest absolute Gasteiger partial charge is 0.306 e. The van der Waals surface area contributed by atoms with E-state index in [-0.39, 0.29) is 31.1 Å². The molecule has 0 bridgehead atoms. The van der Waals surface area contributed by atoms with Crippen molar-refractivity contribution in [1.29, 1.82) is 0 Å². The van der Waals surface area contributed by atoms with Crippen LogP contribution in [-0.4, -0.2) is 37.2 Å². The molecule has 0 heterocycles. The maximum absolute atomic E-state index is 12.4. The minimum Gasteiger partial charge on any atom is -0.462 e. The number of unbranched alkanes of at least 4 members (excludes halogenated alkanes) is 21. The SMILES string of the molecule is CCCCCCCC(=O)OC[C@@H](COC(=O)CCCCCCCCCCCCCCCCC(C)CC)OC(=O)CCCCCCC. The predicted octanol–water partition coefficient (Wildman–Crippen LogP) is 12.0. The van der Waals surface area contributed by atoms with E-state index in [1.165, 1.54) is 96.3 Å². The van der Waals surface area contributed by atoms with Crippen LogP contribution in [-0.2, 0) is 28.6 Å². The Kier molecular flexibility index (Phi) is 33.5. The van der Waals surface area contributed by atoms with Crippen LogP contribution in [0, 0.1) is 5.92 Å². The number of ether oxygens (including phenoxy) is 3. The van der Waals surface area contributed by atoms with Gasteiger partial charge in [-0.1, -0.05) is 175 Å². The average molecular weight is 653 g/mol. The number of carbonyl (C=O) groups is 3. The summed E-state index contributed by atoms with van der Waals surface area (Å²) in [6.07, 6.45) is 31.4. The van der Waals surface area contributed by atoms with Crippen LogP contribution in [0.15, 0.2) is 0 Å².